The van der Waals surface area contributed by atoms with Crippen LogP contribution in [0.1, 0.15) is 22.2 Å². The molecule has 2 heterocycles. The predicted octanol–water partition coefficient (Wildman–Crippen LogP) is 3.75. The van der Waals surface area contributed by atoms with Gasteiger partial charge in [0.2, 0.25) is 5.95 Å². The second-order valence-electron chi connectivity index (χ2n) is 5.59. The second-order valence-corrected chi connectivity index (χ2v) is 6.68. The van der Waals surface area contributed by atoms with Crippen LogP contribution in [0.25, 0.3) is 10.6 Å². The summed E-state index contributed by atoms with van der Waals surface area (Å²) in [5.74, 6) is 0.193. The van der Waals surface area contributed by atoms with Crippen LogP contribution in [0.4, 0.5) is 10.3 Å². The number of hydrogen-bond donors (Lipinski definition) is 2. The fourth-order valence-corrected chi connectivity index (χ4v) is 3.29. The molecule has 3 rings (SSSR count). The molecule has 2 aromatic heterocycles. The van der Waals surface area contributed by atoms with Gasteiger partial charge in [0.1, 0.15) is 5.82 Å². The Morgan fingerprint density at radius 3 is 2.73 bits per heavy atom. The third-order valence-electron chi connectivity index (χ3n) is 3.69. The van der Waals surface area contributed by atoms with E-state index in [9.17, 15) is 9.18 Å². The van der Waals surface area contributed by atoms with Crippen LogP contribution < -0.4 is 10.6 Å². The maximum Gasteiger partial charge on any atom is 0.261 e. The highest BCUT2D eigenvalue weighted by Gasteiger charge is 2.11. The first-order valence-electron chi connectivity index (χ1n) is 8.35. The number of amides is 1. The zero-order valence-electron chi connectivity index (χ0n) is 14.3. The predicted molar refractivity (Wildman–Crippen MR) is 102 cm³/mol. The van der Waals surface area contributed by atoms with Gasteiger partial charge in [-0.2, -0.15) is 0 Å². The van der Waals surface area contributed by atoms with E-state index in [4.69, 9.17) is 0 Å². The molecule has 0 saturated heterocycles. The maximum atomic E-state index is 12.9. The van der Waals surface area contributed by atoms with E-state index in [2.05, 4.69) is 20.6 Å². The van der Waals surface area contributed by atoms with Crippen molar-refractivity contribution >= 4 is 23.2 Å². The molecule has 0 spiro atoms. The molecule has 0 aliphatic carbocycles. The Hall–Kier alpha value is -2.80. The van der Waals surface area contributed by atoms with Gasteiger partial charge in [-0.3, -0.25) is 4.79 Å². The number of aromatic nitrogens is 2. The number of anilines is 1. The monoisotopic (exact) mass is 370 g/mol. The Bertz CT molecular complexity index is 879. The normalized spacial score (nSPS) is 10.5. The minimum atomic E-state index is -0.258. The molecule has 0 radical (unpaired) electrons. The Labute approximate surface area is 155 Å². The van der Waals surface area contributed by atoms with Crippen molar-refractivity contribution in [2.24, 2.45) is 0 Å². The summed E-state index contributed by atoms with van der Waals surface area (Å²) in [6.07, 6.45) is 2.35. The van der Waals surface area contributed by atoms with E-state index in [1.165, 1.54) is 23.5 Å². The summed E-state index contributed by atoms with van der Waals surface area (Å²) in [5, 5.41) is 5.96. The van der Waals surface area contributed by atoms with Crippen LogP contribution in [-0.4, -0.2) is 29.0 Å². The van der Waals surface area contributed by atoms with E-state index in [1.807, 2.05) is 19.1 Å². The van der Waals surface area contributed by atoms with E-state index in [-0.39, 0.29) is 11.7 Å². The smallest absolute Gasteiger partial charge is 0.261 e. The fraction of sp³-hybridized carbons (Fsp3) is 0.211. The van der Waals surface area contributed by atoms with E-state index < -0.39 is 0 Å². The van der Waals surface area contributed by atoms with Crippen LogP contribution in [0.2, 0.25) is 0 Å². The summed E-state index contributed by atoms with van der Waals surface area (Å²) in [7, 11) is 0. The molecule has 2 N–H and O–H groups in total. The number of nitrogens with zero attached hydrogens (tertiary/aromatic N) is 2. The van der Waals surface area contributed by atoms with Crippen LogP contribution in [-0.2, 0) is 6.42 Å². The molecule has 5 nitrogen and oxygen atoms in total. The highest BCUT2D eigenvalue weighted by molar-refractivity contribution is 7.17. The van der Waals surface area contributed by atoms with Gasteiger partial charge in [-0.15, -0.1) is 11.3 Å². The summed E-state index contributed by atoms with van der Waals surface area (Å²) in [6.45, 7) is 3.22. The van der Waals surface area contributed by atoms with Gasteiger partial charge >= 0.3 is 0 Å². The first-order chi connectivity index (χ1) is 12.7. The molecule has 1 aromatic carbocycles. The van der Waals surface area contributed by atoms with Crippen LogP contribution in [0, 0.1) is 5.82 Å². The molecule has 0 bridgehead atoms. The lowest BCUT2D eigenvalue weighted by molar-refractivity contribution is 0.0958. The van der Waals surface area contributed by atoms with Gasteiger partial charge in [0.15, 0.2) is 0 Å². The highest BCUT2D eigenvalue weighted by Crippen LogP contribution is 2.27. The summed E-state index contributed by atoms with van der Waals surface area (Å²) in [5.41, 5.74) is 1.77. The van der Waals surface area contributed by atoms with E-state index in [1.54, 1.807) is 24.4 Å². The number of halogens is 1. The molecular weight excluding hydrogens is 351 g/mol. The molecule has 134 valence electrons. The number of hydrogen-bond acceptors (Lipinski definition) is 5. The molecule has 3 aromatic rings. The summed E-state index contributed by atoms with van der Waals surface area (Å²) < 4.78 is 12.9. The third-order valence-corrected chi connectivity index (χ3v) is 4.79. The summed E-state index contributed by atoms with van der Waals surface area (Å²) in [4.78, 5) is 22.4. The lowest BCUT2D eigenvalue weighted by Crippen LogP contribution is -2.24. The minimum absolute atomic E-state index is 0.121. The number of rotatable bonds is 7. The molecular formula is C19H19FN4OS. The Kier molecular flexibility index (Phi) is 5.91. The third kappa shape index (κ3) is 4.64. The standard InChI is InChI=1S/C19H19FN4OS/c1-2-21-19-23-12-10-15(24-19)16-7-8-17(26-16)18(25)22-11-9-13-3-5-14(20)6-4-13/h3-8,10,12H,2,9,11H2,1H3,(H,22,25)(H,21,23,24). The van der Waals surface area contributed by atoms with E-state index >= 15 is 0 Å². The van der Waals surface area contributed by atoms with Gasteiger partial charge in [0.25, 0.3) is 5.91 Å². The van der Waals surface area contributed by atoms with Crippen molar-refractivity contribution in [1.29, 1.82) is 0 Å². The van der Waals surface area contributed by atoms with Crippen molar-refractivity contribution in [2.75, 3.05) is 18.4 Å². The van der Waals surface area contributed by atoms with E-state index in [0.29, 0.717) is 23.8 Å². The lowest BCUT2D eigenvalue weighted by atomic mass is 10.1. The number of benzene rings is 1. The Balaban J connectivity index is 1.59. The van der Waals surface area contributed by atoms with Crippen molar-refractivity contribution in [2.45, 2.75) is 13.3 Å². The number of carbonyl (C=O) groups excluding carboxylic acids is 1. The SMILES string of the molecule is CCNc1nccc(-c2ccc(C(=O)NCCc3ccc(F)cc3)s2)n1. The molecule has 26 heavy (non-hydrogen) atoms. The van der Waals surface area contributed by atoms with Crippen LogP contribution in [0.3, 0.4) is 0 Å². The highest BCUT2D eigenvalue weighted by atomic mass is 32.1. The number of nitrogens with one attached hydrogen (secondary N) is 2. The molecule has 0 aliphatic heterocycles. The average molecular weight is 370 g/mol. The van der Waals surface area contributed by atoms with Gasteiger partial charge in [-0.25, -0.2) is 14.4 Å². The molecule has 0 unspecified atom stereocenters. The molecule has 0 atom stereocenters. The van der Waals surface area contributed by atoms with Crippen molar-refractivity contribution in [3.63, 3.8) is 0 Å². The van der Waals surface area contributed by atoms with Gasteiger partial charge < -0.3 is 10.6 Å². The maximum absolute atomic E-state index is 12.9. The average Bonchev–Trinajstić information content (AvgIpc) is 3.14. The topological polar surface area (TPSA) is 66.9 Å². The van der Waals surface area contributed by atoms with Crippen molar-refractivity contribution in [1.82, 2.24) is 15.3 Å². The Morgan fingerprint density at radius 2 is 1.96 bits per heavy atom. The first kappa shape index (κ1) is 18.0. The van der Waals surface area contributed by atoms with Crippen LogP contribution >= 0.6 is 11.3 Å². The van der Waals surface area contributed by atoms with Crippen molar-refractivity contribution in [3.8, 4) is 10.6 Å². The zero-order valence-corrected chi connectivity index (χ0v) is 15.1. The Morgan fingerprint density at radius 1 is 1.15 bits per heavy atom. The summed E-state index contributed by atoms with van der Waals surface area (Å²) >= 11 is 1.39. The fourth-order valence-electron chi connectivity index (χ4n) is 2.40. The van der Waals surface area contributed by atoms with Crippen molar-refractivity contribution in [3.05, 3.63) is 64.9 Å². The van der Waals surface area contributed by atoms with Gasteiger partial charge in [-0.05, 0) is 49.2 Å². The van der Waals surface area contributed by atoms with Gasteiger partial charge in [0.05, 0.1) is 15.4 Å². The molecule has 0 aliphatic rings. The van der Waals surface area contributed by atoms with Gasteiger partial charge in [0, 0.05) is 19.3 Å². The lowest BCUT2D eigenvalue weighted by Gasteiger charge is -2.04. The molecule has 1 amide bonds. The van der Waals surface area contributed by atoms with Crippen LogP contribution in [0.5, 0.6) is 0 Å². The number of thiophene rings is 1. The summed E-state index contributed by atoms with van der Waals surface area (Å²) in [6, 6.07) is 11.8. The minimum Gasteiger partial charge on any atom is -0.354 e. The quantitative estimate of drug-likeness (QED) is 0.665. The molecule has 0 saturated carbocycles. The largest absolute Gasteiger partial charge is 0.354 e. The number of carbonyl (C=O) groups is 1. The van der Waals surface area contributed by atoms with Crippen molar-refractivity contribution < 1.29 is 9.18 Å². The van der Waals surface area contributed by atoms with Gasteiger partial charge in [-0.1, -0.05) is 12.1 Å². The molecule has 7 heteroatoms. The van der Waals surface area contributed by atoms with Crippen LogP contribution in [0.15, 0.2) is 48.7 Å². The second kappa shape index (κ2) is 8.53. The molecule has 0 fully saturated rings. The first-order valence-corrected chi connectivity index (χ1v) is 9.17. The van der Waals surface area contributed by atoms with E-state index in [0.717, 1.165) is 22.7 Å². The zero-order chi connectivity index (χ0) is 18.4.